The highest BCUT2D eigenvalue weighted by molar-refractivity contribution is 5.28. The molecule has 2 rings (SSSR count). The zero-order valence-corrected chi connectivity index (χ0v) is 11.7. The average Bonchev–Trinajstić information content (AvgIpc) is 2.27. The van der Waals surface area contributed by atoms with Gasteiger partial charge in [-0.25, -0.2) is 4.39 Å². The predicted molar refractivity (Wildman–Crippen MR) is 74.3 cm³/mol. The third-order valence-electron chi connectivity index (χ3n) is 4.00. The minimum atomic E-state index is -0.0618. The minimum absolute atomic E-state index is 0.0618. The maximum atomic E-state index is 13.6. The van der Waals surface area contributed by atoms with E-state index in [4.69, 9.17) is 0 Å². The molecule has 18 heavy (non-hydrogen) atoms. The molecular formula is C16H24FN. The van der Waals surface area contributed by atoms with Gasteiger partial charge in [0.15, 0.2) is 0 Å². The third kappa shape index (κ3) is 3.11. The van der Waals surface area contributed by atoms with Crippen LogP contribution >= 0.6 is 0 Å². The second-order valence-corrected chi connectivity index (χ2v) is 6.00. The number of hydrogen-bond donors (Lipinski definition) is 1. The number of nitrogens with one attached hydrogen (secondary N) is 1. The van der Waals surface area contributed by atoms with Crippen LogP contribution in [0.1, 0.15) is 43.7 Å². The molecule has 1 aromatic rings. The Hall–Kier alpha value is -0.890. The van der Waals surface area contributed by atoms with Crippen LogP contribution in [0.15, 0.2) is 18.2 Å². The highest BCUT2D eigenvalue weighted by atomic mass is 19.1. The van der Waals surface area contributed by atoms with E-state index in [1.54, 1.807) is 6.07 Å². The van der Waals surface area contributed by atoms with Gasteiger partial charge in [-0.1, -0.05) is 26.0 Å². The Morgan fingerprint density at radius 3 is 2.67 bits per heavy atom. The number of hydrogen-bond acceptors (Lipinski definition) is 1. The summed E-state index contributed by atoms with van der Waals surface area (Å²) in [5.74, 6) is 1.87. The van der Waals surface area contributed by atoms with E-state index in [-0.39, 0.29) is 5.82 Å². The summed E-state index contributed by atoms with van der Waals surface area (Å²) in [6.07, 6.45) is 2.47. The standard InChI is InChI=1S/C16H24FN/c1-11(2)9-18-10-14-6-7-15(14)13-5-4-12(3)16(17)8-13/h4-5,8,11,14-15,18H,6-7,9-10H2,1-3H3. The van der Waals surface area contributed by atoms with Crippen LogP contribution < -0.4 is 5.32 Å². The Labute approximate surface area is 110 Å². The van der Waals surface area contributed by atoms with Gasteiger partial charge in [0.1, 0.15) is 5.82 Å². The lowest BCUT2D eigenvalue weighted by atomic mass is 9.70. The third-order valence-corrected chi connectivity index (χ3v) is 4.00. The second kappa shape index (κ2) is 5.83. The molecule has 1 fully saturated rings. The summed E-state index contributed by atoms with van der Waals surface area (Å²) in [6, 6.07) is 5.73. The van der Waals surface area contributed by atoms with Crippen molar-refractivity contribution in [2.75, 3.05) is 13.1 Å². The maximum Gasteiger partial charge on any atom is 0.126 e. The van der Waals surface area contributed by atoms with Gasteiger partial charge >= 0.3 is 0 Å². The van der Waals surface area contributed by atoms with Crippen molar-refractivity contribution < 1.29 is 4.39 Å². The van der Waals surface area contributed by atoms with Crippen LogP contribution in [0.5, 0.6) is 0 Å². The molecule has 2 heteroatoms. The molecule has 1 N–H and O–H groups in total. The van der Waals surface area contributed by atoms with Gasteiger partial charge in [-0.2, -0.15) is 0 Å². The predicted octanol–water partition coefficient (Wildman–Crippen LogP) is 3.87. The maximum absolute atomic E-state index is 13.6. The van der Waals surface area contributed by atoms with Crippen LogP contribution in [0.25, 0.3) is 0 Å². The van der Waals surface area contributed by atoms with Gasteiger partial charge in [-0.05, 0) is 67.8 Å². The van der Waals surface area contributed by atoms with E-state index in [2.05, 4.69) is 25.2 Å². The molecule has 0 heterocycles. The molecule has 100 valence electrons. The molecule has 0 spiro atoms. The van der Waals surface area contributed by atoms with E-state index in [0.29, 0.717) is 17.8 Å². The summed E-state index contributed by atoms with van der Waals surface area (Å²) in [4.78, 5) is 0. The smallest absolute Gasteiger partial charge is 0.126 e. The normalized spacial score (nSPS) is 23.2. The summed E-state index contributed by atoms with van der Waals surface area (Å²) in [6.45, 7) is 8.41. The molecule has 0 saturated heterocycles. The fourth-order valence-corrected chi connectivity index (χ4v) is 2.65. The topological polar surface area (TPSA) is 12.0 Å². The van der Waals surface area contributed by atoms with Gasteiger partial charge in [0.2, 0.25) is 0 Å². The SMILES string of the molecule is Cc1ccc(C2CCC2CNCC(C)C)cc1F. The highest BCUT2D eigenvalue weighted by Crippen LogP contribution is 2.42. The quantitative estimate of drug-likeness (QED) is 0.835. The van der Waals surface area contributed by atoms with Gasteiger partial charge in [-0.3, -0.25) is 0 Å². The van der Waals surface area contributed by atoms with Crippen molar-refractivity contribution in [3.8, 4) is 0 Å². The summed E-state index contributed by atoms with van der Waals surface area (Å²) in [5, 5.41) is 3.52. The zero-order valence-electron chi connectivity index (χ0n) is 11.7. The van der Waals surface area contributed by atoms with Crippen LogP contribution in [-0.4, -0.2) is 13.1 Å². The molecule has 1 saturated carbocycles. The molecule has 1 nitrogen and oxygen atoms in total. The molecular weight excluding hydrogens is 225 g/mol. The van der Waals surface area contributed by atoms with Crippen LogP contribution in [-0.2, 0) is 0 Å². The van der Waals surface area contributed by atoms with Crippen LogP contribution in [0.2, 0.25) is 0 Å². The summed E-state index contributed by atoms with van der Waals surface area (Å²) in [5.41, 5.74) is 1.92. The number of halogens is 1. The Morgan fingerprint density at radius 2 is 2.11 bits per heavy atom. The molecule has 1 aliphatic carbocycles. The Kier molecular flexibility index (Phi) is 4.39. The lowest BCUT2D eigenvalue weighted by Gasteiger charge is -2.37. The minimum Gasteiger partial charge on any atom is -0.316 e. The van der Waals surface area contributed by atoms with Gasteiger partial charge in [0.25, 0.3) is 0 Å². The van der Waals surface area contributed by atoms with Gasteiger partial charge < -0.3 is 5.32 Å². The van der Waals surface area contributed by atoms with E-state index in [1.807, 2.05) is 13.0 Å². The first-order chi connectivity index (χ1) is 8.58. The molecule has 0 aliphatic heterocycles. The lowest BCUT2D eigenvalue weighted by Crippen LogP contribution is -2.35. The molecule has 1 aliphatic rings. The van der Waals surface area contributed by atoms with Crippen molar-refractivity contribution in [3.63, 3.8) is 0 Å². The monoisotopic (exact) mass is 249 g/mol. The number of rotatable bonds is 5. The molecule has 0 amide bonds. The van der Waals surface area contributed by atoms with Crippen molar-refractivity contribution in [1.82, 2.24) is 5.32 Å². The molecule has 0 radical (unpaired) electrons. The van der Waals surface area contributed by atoms with Crippen molar-refractivity contribution in [3.05, 3.63) is 35.1 Å². The van der Waals surface area contributed by atoms with Crippen LogP contribution in [0.3, 0.4) is 0 Å². The van der Waals surface area contributed by atoms with Crippen LogP contribution in [0, 0.1) is 24.6 Å². The van der Waals surface area contributed by atoms with E-state index in [0.717, 1.165) is 18.7 Å². The average molecular weight is 249 g/mol. The molecule has 0 aromatic heterocycles. The van der Waals surface area contributed by atoms with Crippen molar-refractivity contribution in [1.29, 1.82) is 0 Å². The largest absolute Gasteiger partial charge is 0.316 e. The fourth-order valence-electron chi connectivity index (χ4n) is 2.65. The van der Waals surface area contributed by atoms with E-state index < -0.39 is 0 Å². The summed E-state index contributed by atoms with van der Waals surface area (Å²) >= 11 is 0. The highest BCUT2D eigenvalue weighted by Gasteiger charge is 2.31. The Bertz CT molecular complexity index is 400. The van der Waals surface area contributed by atoms with Crippen molar-refractivity contribution >= 4 is 0 Å². The Balaban J connectivity index is 1.91. The molecule has 2 unspecified atom stereocenters. The second-order valence-electron chi connectivity index (χ2n) is 6.00. The van der Waals surface area contributed by atoms with E-state index in [9.17, 15) is 4.39 Å². The molecule has 0 bridgehead atoms. The van der Waals surface area contributed by atoms with Gasteiger partial charge in [0, 0.05) is 0 Å². The zero-order chi connectivity index (χ0) is 13.1. The Morgan fingerprint density at radius 1 is 1.33 bits per heavy atom. The van der Waals surface area contributed by atoms with Crippen molar-refractivity contribution in [2.45, 2.75) is 39.5 Å². The van der Waals surface area contributed by atoms with E-state index >= 15 is 0 Å². The molecule has 1 aromatic carbocycles. The van der Waals surface area contributed by atoms with Gasteiger partial charge in [0.05, 0.1) is 0 Å². The first-order valence-electron chi connectivity index (χ1n) is 7.04. The fraction of sp³-hybridized carbons (Fsp3) is 0.625. The van der Waals surface area contributed by atoms with E-state index in [1.165, 1.54) is 18.4 Å². The molecule has 2 atom stereocenters. The number of benzene rings is 1. The summed E-state index contributed by atoms with van der Waals surface area (Å²) < 4.78 is 13.6. The number of aryl methyl sites for hydroxylation is 1. The summed E-state index contributed by atoms with van der Waals surface area (Å²) in [7, 11) is 0. The van der Waals surface area contributed by atoms with Gasteiger partial charge in [-0.15, -0.1) is 0 Å². The first kappa shape index (κ1) is 13.5. The van der Waals surface area contributed by atoms with Crippen LogP contribution in [0.4, 0.5) is 4.39 Å². The van der Waals surface area contributed by atoms with Crippen molar-refractivity contribution in [2.24, 2.45) is 11.8 Å². The first-order valence-corrected chi connectivity index (χ1v) is 7.04. The lowest BCUT2D eigenvalue weighted by molar-refractivity contribution is 0.243.